The minimum atomic E-state index is -3.83. The van der Waals surface area contributed by atoms with E-state index >= 15 is 0 Å². The van der Waals surface area contributed by atoms with Crippen molar-refractivity contribution in [2.75, 3.05) is 25.1 Å². The molecule has 0 aliphatic carbocycles. The van der Waals surface area contributed by atoms with Gasteiger partial charge in [0, 0.05) is 24.7 Å². The third kappa shape index (κ3) is 8.56. The third-order valence-corrected chi connectivity index (χ3v) is 6.38. The molecule has 0 bridgehead atoms. The average molecular weight is 500 g/mol. The van der Waals surface area contributed by atoms with E-state index in [1.54, 1.807) is 36.4 Å². The first-order valence-electron chi connectivity index (χ1n) is 11.4. The molecule has 2 N–H and O–H groups in total. The Kier molecular flexibility index (Phi) is 9.42. The van der Waals surface area contributed by atoms with Crippen LogP contribution in [0.2, 0.25) is 0 Å². The van der Waals surface area contributed by atoms with Crippen LogP contribution in [0.1, 0.15) is 38.2 Å². The normalized spacial score (nSPS) is 14.0. The second kappa shape index (κ2) is 12.7. The van der Waals surface area contributed by atoms with Crippen LogP contribution in [0.5, 0.6) is 5.75 Å². The monoisotopic (exact) mass is 499 g/mol. The minimum absolute atomic E-state index is 0.00229. The molecule has 0 aromatic heterocycles. The van der Waals surface area contributed by atoms with Gasteiger partial charge < -0.3 is 14.8 Å². The van der Waals surface area contributed by atoms with E-state index in [4.69, 9.17) is 9.47 Å². The van der Waals surface area contributed by atoms with Crippen LogP contribution in [0.4, 0.5) is 5.69 Å². The van der Waals surface area contributed by atoms with Crippen LogP contribution in [0.25, 0.3) is 6.08 Å². The van der Waals surface area contributed by atoms with E-state index < -0.39 is 28.5 Å². The van der Waals surface area contributed by atoms with Crippen molar-refractivity contribution < 1.29 is 27.5 Å². The van der Waals surface area contributed by atoms with Crippen molar-refractivity contribution in [1.82, 2.24) is 4.72 Å². The number of aliphatic imine (C=N–C) groups is 1. The molecule has 3 rings (SSSR count). The Hall–Kier alpha value is -3.66. The van der Waals surface area contributed by atoms with Crippen LogP contribution in [-0.4, -0.2) is 45.9 Å². The van der Waals surface area contributed by atoms with Gasteiger partial charge in [0.05, 0.1) is 11.5 Å². The summed E-state index contributed by atoms with van der Waals surface area (Å²) in [5.41, 5.74) is 1.04. The zero-order valence-electron chi connectivity index (χ0n) is 19.5. The van der Waals surface area contributed by atoms with Gasteiger partial charge in [-0.15, -0.1) is 0 Å². The number of rotatable bonds is 9. The number of nitrogens with zero attached hydrogens (tertiary/aromatic N) is 1. The van der Waals surface area contributed by atoms with Gasteiger partial charge in [0.25, 0.3) is 15.9 Å². The van der Waals surface area contributed by atoms with Gasteiger partial charge in [-0.25, -0.2) is 13.2 Å². The molecule has 10 heteroatoms. The first kappa shape index (κ1) is 26.0. The predicted octanol–water partition coefficient (Wildman–Crippen LogP) is 3.53. The zero-order chi connectivity index (χ0) is 25.1. The van der Waals surface area contributed by atoms with Crippen LogP contribution in [0.15, 0.2) is 64.5 Å². The Morgan fingerprint density at radius 2 is 1.89 bits per heavy atom. The summed E-state index contributed by atoms with van der Waals surface area (Å²) >= 11 is 0. The first-order chi connectivity index (χ1) is 16.9. The number of nitrogens with one attached hydrogen (secondary N) is 2. The van der Waals surface area contributed by atoms with Gasteiger partial charge in [-0.05, 0) is 61.7 Å². The summed E-state index contributed by atoms with van der Waals surface area (Å²) in [7, 11) is -3.83. The van der Waals surface area contributed by atoms with Gasteiger partial charge >= 0.3 is 5.97 Å². The summed E-state index contributed by atoms with van der Waals surface area (Å²) in [5, 5.41) is 2.54. The van der Waals surface area contributed by atoms with Crippen molar-refractivity contribution in [2.24, 2.45) is 4.99 Å². The molecular formula is C25H29N3O6S. The molecule has 1 aliphatic rings. The lowest BCUT2D eigenvalue weighted by atomic mass is 10.2. The molecule has 0 unspecified atom stereocenters. The fraction of sp³-hybridized carbons (Fsp3) is 0.320. The van der Waals surface area contributed by atoms with E-state index in [1.165, 1.54) is 24.3 Å². The van der Waals surface area contributed by atoms with E-state index in [2.05, 4.69) is 15.0 Å². The average Bonchev–Trinajstić information content (AvgIpc) is 3.11. The predicted molar refractivity (Wildman–Crippen MR) is 134 cm³/mol. The van der Waals surface area contributed by atoms with Crippen molar-refractivity contribution in [3.05, 3.63) is 60.2 Å². The number of hydrogen-bond donors (Lipinski definition) is 2. The standard InChI is InChI=1S/C25H29N3O6S/c1-2-33-21-13-10-19(11-14-21)12-15-25(30)34-18-24(29)27-20-7-6-8-22(17-20)35(31,32)28-23-9-4-3-5-16-26-23/h6-8,10-15,17H,2-5,9,16,18H2,1H3,(H,26,28)(H,27,29)/b15-12+. The van der Waals surface area contributed by atoms with Crippen LogP contribution in [-0.2, 0) is 24.3 Å². The molecule has 1 amide bonds. The largest absolute Gasteiger partial charge is 0.494 e. The quantitative estimate of drug-likeness (QED) is 0.402. The lowest BCUT2D eigenvalue weighted by Crippen LogP contribution is -2.30. The second-order valence-electron chi connectivity index (χ2n) is 7.76. The second-order valence-corrected chi connectivity index (χ2v) is 9.45. The number of benzene rings is 2. The molecule has 0 atom stereocenters. The Morgan fingerprint density at radius 1 is 1.09 bits per heavy atom. The molecule has 0 fully saturated rings. The van der Waals surface area contributed by atoms with Crippen molar-refractivity contribution in [1.29, 1.82) is 0 Å². The van der Waals surface area contributed by atoms with Gasteiger partial charge in [0.2, 0.25) is 0 Å². The van der Waals surface area contributed by atoms with Gasteiger partial charge in [-0.1, -0.05) is 24.6 Å². The molecule has 9 nitrogen and oxygen atoms in total. The highest BCUT2D eigenvalue weighted by atomic mass is 32.2. The molecule has 2 aromatic carbocycles. The number of amides is 1. The Bertz CT molecular complexity index is 1190. The van der Waals surface area contributed by atoms with Crippen molar-refractivity contribution in [3.8, 4) is 5.75 Å². The first-order valence-corrected chi connectivity index (χ1v) is 12.9. The Balaban J connectivity index is 1.51. The molecule has 2 aromatic rings. The van der Waals surface area contributed by atoms with Gasteiger partial charge in [-0.3, -0.25) is 14.5 Å². The Labute approximate surface area is 205 Å². The fourth-order valence-corrected chi connectivity index (χ4v) is 4.43. The lowest BCUT2D eigenvalue weighted by molar-refractivity contribution is -0.142. The maximum Gasteiger partial charge on any atom is 0.331 e. The SMILES string of the molecule is CCOc1ccc(/C=C/C(=O)OCC(=O)Nc2cccc(S(=O)(=O)NC3=NCCCCC3)c2)cc1. The number of amidine groups is 1. The van der Waals surface area contributed by atoms with Crippen molar-refractivity contribution in [2.45, 2.75) is 37.5 Å². The number of esters is 1. The van der Waals surface area contributed by atoms with E-state index in [1.807, 2.05) is 6.92 Å². The fourth-order valence-electron chi connectivity index (χ4n) is 3.30. The molecule has 0 radical (unpaired) electrons. The Morgan fingerprint density at radius 3 is 2.66 bits per heavy atom. The van der Waals surface area contributed by atoms with Crippen molar-refractivity contribution in [3.63, 3.8) is 0 Å². The molecule has 186 valence electrons. The summed E-state index contributed by atoms with van der Waals surface area (Å²) in [6.45, 7) is 2.54. The van der Waals surface area contributed by atoms with Gasteiger partial charge in [0.15, 0.2) is 6.61 Å². The molecular weight excluding hydrogens is 470 g/mol. The highest BCUT2D eigenvalue weighted by Gasteiger charge is 2.18. The molecule has 1 heterocycles. The van der Waals surface area contributed by atoms with Gasteiger partial charge in [-0.2, -0.15) is 0 Å². The number of carbonyl (C=O) groups is 2. The van der Waals surface area contributed by atoms with Crippen LogP contribution in [0.3, 0.4) is 0 Å². The highest BCUT2D eigenvalue weighted by Crippen LogP contribution is 2.17. The number of ether oxygens (including phenoxy) is 2. The smallest absolute Gasteiger partial charge is 0.331 e. The maximum atomic E-state index is 12.7. The number of hydrogen-bond acceptors (Lipinski definition) is 7. The van der Waals surface area contributed by atoms with Crippen molar-refractivity contribution >= 4 is 39.5 Å². The molecule has 0 saturated carbocycles. The molecule has 1 aliphatic heterocycles. The minimum Gasteiger partial charge on any atom is -0.494 e. The molecule has 0 saturated heterocycles. The summed E-state index contributed by atoms with van der Waals surface area (Å²) in [5.74, 6) is -0.0981. The van der Waals surface area contributed by atoms with Crippen LogP contribution >= 0.6 is 0 Å². The topological polar surface area (TPSA) is 123 Å². The lowest BCUT2D eigenvalue weighted by Gasteiger charge is -2.11. The zero-order valence-corrected chi connectivity index (χ0v) is 20.3. The summed E-state index contributed by atoms with van der Waals surface area (Å²) in [6.07, 6.45) is 6.19. The number of anilines is 1. The number of carbonyl (C=O) groups excluding carboxylic acids is 2. The van der Waals surface area contributed by atoms with Gasteiger partial charge in [0.1, 0.15) is 11.6 Å². The maximum absolute atomic E-state index is 12.7. The summed E-state index contributed by atoms with van der Waals surface area (Å²) in [4.78, 5) is 28.4. The van der Waals surface area contributed by atoms with E-state index in [0.29, 0.717) is 25.4 Å². The molecule has 0 spiro atoms. The third-order valence-electron chi connectivity index (χ3n) is 5.00. The summed E-state index contributed by atoms with van der Waals surface area (Å²) in [6, 6.07) is 13.0. The summed E-state index contributed by atoms with van der Waals surface area (Å²) < 4.78 is 38.3. The highest BCUT2D eigenvalue weighted by molar-refractivity contribution is 7.90. The van der Waals surface area contributed by atoms with Crippen LogP contribution in [0, 0.1) is 0 Å². The number of sulfonamides is 1. The van der Waals surface area contributed by atoms with E-state index in [0.717, 1.165) is 30.6 Å². The van der Waals surface area contributed by atoms with E-state index in [9.17, 15) is 18.0 Å². The van der Waals surface area contributed by atoms with Crippen LogP contribution < -0.4 is 14.8 Å². The van der Waals surface area contributed by atoms with E-state index in [-0.39, 0.29) is 10.6 Å². The molecule has 35 heavy (non-hydrogen) atoms.